The lowest BCUT2D eigenvalue weighted by molar-refractivity contribution is -0.140. The van der Waals surface area contributed by atoms with E-state index in [0.29, 0.717) is 44.1 Å². The van der Waals surface area contributed by atoms with Gasteiger partial charge in [0.15, 0.2) is 0 Å². The van der Waals surface area contributed by atoms with Gasteiger partial charge in [-0.2, -0.15) is 0 Å². The highest BCUT2D eigenvalue weighted by molar-refractivity contribution is 8.76. The summed E-state index contributed by atoms with van der Waals surface area (Å²) in [7, 11) is 2.89. The maximum absolute atomic E-state index is 12.9. The van der Waals surface area contributed by atoms with Gasteiger partial charge in [0.2, 0.25) is 29.5 Å². The topological polar surface area (TPSA) is 287 Å². The second kappa shape index (κ2) is 28.7. The van der Waals surface area contributed by atoms with Crippen LogP contribution in [0.25, 0.3) is 0 Å². The fourth-order valence-electron chi connectivity index (χ4n) is 5.39. The Labute approximate surface area is 342 Å². The second-order valence-electron chi connectivity index (χ2n) is 14.4. The molecule has 0 rings (SSSR count). The summed E-state index contributed by atoms with van der Waals surface area (Å²) < 4.78 is 0. The molecule has 0 saturated carbocycles. The molecule has 9 N–H and O–H groups in total. The van der Waals surface area contributed by atoms with Gasteiger partial charge in [-0.3, -0.25) is 53.1 Å². The first-order chi connectivity index (χ1) is 26.6. The molecule has 2 atom stereocenters. The Morgan fingerprint density at radius 3 is 1.56 bits per heavy atom. The Kier molecular flexibility index (Phi) is 26.8. The molecule has 22 heteroatoms. The third kappa shape index (κ3) is 26.0. The molecule has 0 spiro atoms. The van der Waals surface area contributed by atoms with E-state index in [1.165, 1.54) is 26.5 Å². The van der Waals surface area contributed by atoms with E-state index in [-0.39, 0.29) is 71.2 Å². The zero-order valence-corrected chi connectivity index (χ0v) is 35.7. The van der Waals surface area contributed by atoms with E-state index in [4.69, 9.17) is 5.11 Å². The summed E-state index contributed by atoms with van der Waals surface area (Å²) in [4.78, 5) is 101. The van der Waals surface area contributed by atoms with Crippen molar-refractivity contribution in [1.29, 1.82) is 0 Å². The molecule has 0 saturated heterocycles. The number of likely N-dealkylation sites (N-methyl/N-ethyl adjacent to an activating group) is 1. The highest BCUT2D eigenvalue weighted by Crippen LogP contribution is 2.37. The molecule has 0 aromatic rings. The SMILES string of the molecule is CCN(CCN(CCN(CC(=O)O)CC(=O)NCCSSCCNC(=O)CNC(=O)CNC(=O)C(C)(C)CC(C)(CC)C(=O)NCC(C)O)CC(=O)O)CC(=O)O. The Morgan fingerprint density at radius 1 is 0.596 bits per heavy atom. The van der Waals surface area contributed by atoms with Crippen LogP contribution >= 0.6 is 21.6 Å². The van der Waals surface area contributed by atoms with Gasteiger partial charge >= 0.3 is 17.9 Å². The van der Waals surface area contributed by atoms with Gasteiger partial charge in [0.1, 0.15) is 0 Å². The summed E-state index contributed by atoms with van der Waals surface area (Å²) in [5.41, 5.74) is -1.86. The summed E-state index contributed by atoms with van der Waals surface area (Å²) in [6.45, 7) is 10.4. The van der Waals surface area contributed by atoms with Crippen molar-refractivity contribution in [1.82, 2.24) is 41.3 Å². The number of nitrogens with zero attached hydrogens (tertiary/aromatic N) is 3. The molecule has 57 heavy (non-hydrogen) atoms. The fraction of sp³-hybridized carbons (Fsp3) is 0.771. The highest BCUT2D eigenvalue weighted by atomic mass is 33.1. The van der Waals surface area contributed by atoms with E-state index in [2.05, 4.69) is 26.6 Å². The van der Waals surface area contributed by atoms with Crippen molar-refractivity contribution in [3.63, 3.8) is 0 Å². The summed E-state index contributed by atoms with van der Waals surface area (Å²) in [6.07, 6.45) is -0.0471. The summed E-state index contributed by atoms with van der Waals surface area (Å²) in [6, 6.07) is 0. The monoisotopic (exact) mass is 852 g/mol. The first kappa shape index (κ1) is 53.3. The van der Waals surface area contributed by atoms with Gasteiger partial charge in [-0.25, -0.2) is 0 Å². The van der Waals surface area contributed by atoms with Gasteiger partial charge in [-0.1, -0.05) is 56.2 Å². The maximum atomic E-state index is 12.9. The summed E-state index contributed by atoms with van der Waals surface area (Å²) in [5.74, 6) is -4.29. The average Bonchev–Trinajstić information content (AvgIpc) is 3.12. The quantitative estimate of drug-likeness (QED) is 0.0264. The predicted molar refractivity (Wildman–Crippen MR) is 216 cm³/mol. The molecule has 5 amide bonds. The van der Waals surface area contributed by atoms with Crippen molar-refractivity contribution in [3.05, 3.63) is 0 Å². The van der Waals surface area contributed by atoms with Crippen molar-refractivity contribution >= 4 is 69.0 Å². The smallest absolute Gasteiger partial charge is 0.317 e. The summed E-state index contributed by atoms with van der Waals surface area (Å²) >= 11 is 0. The number of hydrogen-bond acceptors (Lipinski definition) is 14. The number of aliphatic hydroxyl groups is 1. The first-order valence-corrected chi connectivity index (χ1v) is 21.2. The number of hydrogen-bond donors (Lipinski definition) is 9. The lowest BCUT2D eigenvalue weighted by Gasteiger charge is -2.35. The van der Waals surface area contributed by atoms with E-state index >= 15 is 0 Å². The number of aliphatic carboxylic acids is 3. The van der Waals surface area contributed by atoms with Crippen molar-refractivity contribution in [2.75, 3.05) is 103 Å². The van der Waals surface area contributed by atoms with E-state index < -0.39 is 65.0 Å². The normalized spacial score (nSPS) is 13.1. The van der Waals surface area contributed by atoms with Crippen LogP contribution in [0.15, 0.2) is 0 Å². The molecular weight excluding hydrogens is 789 g/mol. The number of aliphatic hydroxyl groups excluding tert-OH is 1. The second-order valence-corrected chi connectivity index (χ2v) is 17.1. The molecule has 328 valence electrons. The zero-order valence-electron chi connectivity index (χ0n) is 34.0. The van der Waals surface area contributed by atoms with E-state index in [1.807, 2.05) is 6.92 Å². The lowest BCUT2D eigenvalue weighted by atomic mass is 9.71. The molecule has 0 aliphatic heterocycles. The zero-order chi connectivity index (χ0) is 43.6. The molecule has 2 unspecified atom stereocenters. The number of carboxylic acid groups (broad SMARTS) is 3. The van der Waals surface area contributed by atoms with Crippen LogP contribution < -0.4 is 26.6 Å². The summed E-state index contributed by atoms with van der Waals surface area (Å²) in [5, 5.41) is 50.2. The van der Waals surface area contributed by atoms with Crippen LogP contribution in [0.1, 0.15) is 54.4 Å². The minimum absolute atomic E-state index is 0.0952. The number of rotatable bonds is 33. The van der Waals surface area contributed by atoms with E-state index in [1.54, 1.807) is 44.4 Å². The van der Waals surface area contributed by atoms with Crippen LogP contribution in [-0.4, -0.2) is 192 Å². The largest absolute Gasteiger partial charge is 0.480 e. The number of amides is 5. The Bertz CT molecular complexity index is 1330. The Balaban J connectivity index is 4.45. The lowest BCUT2D eigenvalue weighted by Crippen LogP contribution is -2.48. The van der Waals surface area contributed by atoms with Crippen molar-refractivity contribution in [2.24, 2.45) is 10.8 Å². The number of carbonyl (C=O) groups excluding carboxylic acids is 5. The van der Waals surface area contributed by atoms with Crippen LogP contribution in [0.4, 0.5) is 0 Å². The molecule has 0 aromatic heterocycles. The molecule has 0 aliphatic rings. The molecule has 0 aliphatic carbocycles. The molecule has 20 nitrogen and oxygen atoms in total. The Hall–Kier alpha value is -3.70. The Morgan fingerprint density at radius 2 is 1.05 bits per heavy atom. The third-order valence-corrected chi connectivity index (χ3v) is 11.1. The molecular formula is C35H64N8O12S2. The molecule has 0 fully saturated rings. The van der Waals surface area contributed by atoms with Crippen molar-refractivity contribution in [3.8, 4) is 0 Å². The minimum atomic E-state index is -1.15. The highest BCUT2D eigenvalue weighted by Gasteiger charge is 2.41. The molecule has 0 aromatic carbocycles. The number of carboxylic acids is 3. The van der Waals surface area contributed by atoms with Crippen LogP contribution in [0, 0.1) is 10.8 Å². The molecule has 0 radical (unpaired) electrons. The average molecular weight is 853 g/mol. The number of carbonyl (C=O) groups is 8. The van der Waals surface area contributed by atoms with Gasteiger partial charge in [-0.15, -0.1) is 0 Å². The van der Waals surface area contributed by atoms with E-state index in [0.717, 1.165) is 0 Å². The third-order valence-electron chi connectivity index (χ3n) is 8.64. The number of nitrogens with one attached hydrogen (secondary N) is 5. The molecule has 0 bridgehead atoms. The van der Waals surface area contributed by atoms with Crippen LogP contribution in [0.5, 0.6) is 0 Å². The van der Waals surface area contributed by atoms with Gasteiger partial charge in [0.05, 0.1) is 45.4 Å². The van der Waals surface area contributed by atoms with Gasteiger partial charge < -0.3 is 47.0 Å². The maximum Gasteiger partial charge on any atom is 0.317 e. The van der Waals surface area contributed by atoms with Crippen LogP contribution in [0.3, 0.4) is 0 Å². The van der Waals surface area contributed by atoms with Crippen molar-refractivity contribution in [2.45, 2.75) is 60.5 Å². The van der Waals surface area contributed by atoms with Crippen molar-refractivity contribution < 1.29 is 58.8 Å². The van der Waals surface area contributed by atoms with E-state index in [9.17, 15) is 53.7 Å². The predicted octanol–water partition coefficient (Wildman–Crippen LogP) is -1.66. The van der Waals surface area contributed by atoms with Crippen LogP contribution in [-0.2, 0) is 38.4 Å². The van der Waals surface area contributed by atoms with Gasteiger partial charge in [0.25, 0.3) is 0 Å². The fourth-order valence-corrected chi connectivity index (χ4v) is 7.21. The standard InChI is InChI=1S/C35H64N8O12S2/c1-7-35(6,33(55)39-17-25(3)44)24-34(4,5)32(54)40-19-27(46)38-18-26(45)36-9-15-56-57-16-10-37-28(47)20-43(23-31(52)53)14-13-42(22-30(50)51)12-11-41(8-2)21-29(48)49/h25,44H,7-24H2,1-6H3,(H,36,45)(H,37,47)(H,38,46)(H,39,55)(H,40,54)(H,48,49)(H,50,51)(H,52,53). The minimum Gasteiger partial charge on any atom is -0.480 e. The van der Waals surface area contributed by atoms with Gasteiger partial charge in [0, 0.05) is 68.1 Å². The molecule has 0 heterocycles. The van der Waals surface area contributed by atoms with Gasteiger partial charge in [-0.05, 0) is 26.3 Å². The van der Waals surface area contributed by atoms with Crippen LogP contribution in [0.2, 0.25) is 0 Å². The first-order valence-electron chi connectivity index (χ1n) is 18.8.